The van der Waals surface area contributed by atoms with Crippen LogP contribution in [0.1, 0.15) is 44.1 Å². The van der Waals surface area contributed by atoms with Gasteiger partial charge in [0.15, 0.2) is 5.76 Å². The molecule has 0 saturated heterocycles. The number of amides is 4. The summed E-state index contributed by atoms with van der Waals surface area (Å²) in [5.41, 5.74) is -0.163. The SMILES string of the molecule is O=C(CCCN1C(=O)c2ccc([N+](=O)[O-])cc2C1=O)NCCNC(=O)c1ccco1. The van der Waals surface area contributed by atoms with Gasteiger partial charge in [-0.25, -0.2) is 0 Å². The Hall–Kier alpha value is -4.02. The van der Waals surface area contributed by atoms with E-state index in [0.717, 1.165) is 11.0 Å². The van der Waals surface area contributed by atoms with E-state index in [1.807, 2.05) is 0 Å². The summed E-state index contributed by atoms with van der Waals surface area (Å²) in [5.74, 6) is -1.66. The molecule has 0 aliphatic carbocycles. The highest BCUT2D eigenvalue weighted by Crippen LogP contribution is 2.26. The number of benzene rings is 1. The second-order valence-corrected chi connectivity index (χ2v) is 6.44. The van der Waals surface area contributed by atoms with Gasteiger partial charge in [0.1, 0.15) is 0 Å². The number of nitrogens with one attached hydrogen (secondary N) is 2. The predicted octanol–water partition coefficient (Wildman–Crippen LogP) is 1.11. The number of hydrogen-bond acceptors (Lipinski definition) is 7. The van der Waals surface area contributed by atoms with Gasteiger partial charge < -0.3 is 15.1 Å². The highest BCUT2D eigenvalue weighted by molar-refractivity contribution is 6.21. The first-order valence-corrected chi connectivity index (χ1v) is 9.11. The molecule has 0 unspecified atom stereocenters. The molecule has 0 radical (unpaired) electrons. The summed E-state index contributed by atoms with van der Waals surface area (Å²) in [6.45, 7) is 0.438. The molecule has 0 spiro atoms. The molecule has 1 aromatic carbocycles. The monoisotopic (exact) mass is 414 g/mol. The predicted molar refractivity (Wildman–Crippen MR) is 102 cm³/mol. The van der Waals surface area contributed by atoms with Gasteiger partial charge in [0.05, 0.1) is 22.3 Å². The summed E-state index contributed by atoms with van der Waals surface area (Å²) in [7, 11) is 0. The molecular weight excluding hydrogens is 396 g/mol. The van der Waals surface area contributed by atoms with Gasteiger partial charge in [-0.05, 0) is 24.6 Å². The fraction of sp³-hybridized carbons (Fsp3) is 0.263. The number of hydrogen-bond donors (Lipinski definition) is 2. The Morgan fingerprint density at radius 1 is 1.07 bits per heavy atom. The molecule has 30 heavy (non-hydrogen) atoms. The molecule has 1 aromatic heterocycles. The number of fused-ring (bicyclic) bond motifs is 1. The van der Waals surface area contributed by atoms with Crippen molar-refractivity contribution in [1.29, 1.82) is 0 Å². The van der Waals surface area contributed by atoms with E-state index in [2.05, 4.69) is 10.6 Å². The quantitative estimate of drug-likeness (QED) is 0.270. The molecule has 11 nitrogen and oxygen atoms in total. The number of nitrogens with zero attached hydrogens (tertiary/aromatic N) is 2. The van der Waals surface area contributed by atoms with Crippen LogP contribution >= 0.6 is 0 Å². The fourth-order valence-corrected chi connectivity index (χ4v) is 2.95. The Bertz CT molecular complexity index is 1000. The van der Waals surface area contributed by atoms with Crippen LogP contribution in [0.15, 0.2) is 41.0 Å². The van der Waals surface area contributed by atoms with E-state index in [9.17, 15) is 29.3 Å². The van der Waals surface area contributed by atoms with Crippen LogP contribution in [0.3, 0.4) is 0 Å². The Kier molecular flexibility index (Phi) is 6.20. The summed E-state index contributed by atoms with van der Waals surface area (Å²) in [5, 5.41) is 16.0. The number of non-ortho nitro benzene ring substituents is 1. The van der Waals surface area contributed by atoms with E-state index in [4.69, 9.17) is 4.42 Å². The number of carbonyl (C=O) groups is 4. The largest absolute Gasteiger partial charge is 0.459 e. The molecule has 1 aliphatic rings. The lowest BCUT2D eigenvalue weighted by atomic mass is 10.1. The second kappa shape index (κ2) is 8.99. The van der Waals surface area contributed by atoms with Crippen molar-refractivity contribution in [2.45, 2.75) is 12.8 Å². The van der Waals surface area contributed by atoms with Gasteiger partial charge in [-0.1, -0.05) is 0 Å². The Balaban J connectivity index is 1.40. The molecule has 11 heteroatoms. The maximum Gasteiger partial charge on any atom is 0.287 e. The first-order valence-electron chi connectivity index (χ1n) is 9.11. The van der Waals surface area contributed by atoms with Crippen molar-refractivity contribution >= 4 is 29.3 Å². The van der Waals surface area contributed by atoms with Gasteiger partial charge in [-0.15, -0.1) is 0 Å². The van der Waals surface area contributed by atoms with E-state index >= 15 is 0 Å². The van der Waals surface area contributed by atoms with Crippen molar-refractivity contribution in [3.8, 4) is 0 Å². The molecule has 0 bridgehead atoms. The van der Waals surface area contributed by atoms with Crippen molar-refractivity contribution in [3.05, 3.63) is 63.6 Å². The standard InChI is InChI=1S/C19H18N4O7/c24-16(20-7-8-21-17(25)15-3-2-10-30-15)4-1-9-22-18(26)13-6-5-12(23(28)29)11-14(13)19(22)27/h2-3,5-6,10-11H,1,4,7-9H2,(H,20,24)(H,21,25). The van der Waals surface area contributed by atoms with Gasteiger partial charge in [0.2, 0.25) is 5.91 Å². The number of rotatable bonds is 9. The number of furan rings is 1. The van der Waals surface area contributed by atoms with Crippen LogP contribution in [0.4, 0.5) is 5.69 Å². The highest BCUT2D eigenvalue weighted by Gasteiger charge is 2.36. The zero-order valence-electron chi connectivity index (χ0n) is 15.8. The van der Waals surface area contributed by atoms with E-state index in [0.29, 0.717) is 0 Å². The average Bonchev–Trinajstić information content (AvgIpc) is 3.34. The molecule has 3 rings (SSSR count). The van der Waals surface area contributed by atoms with Crippen molar-refractivity contribution in [2.24, 2.45) is 0 Å². The summed E-state index contributed by atoms with van der Waals surface area (Å²) in [6.07, 6.45) is 1.68. The topological polar surface area (TPSA) is 152 Å². The maximum atomic E-state index is 12.4. The molecule has 2 heterocycles. The molecule has 4 amide bonds. The molecule has 2 N–H and O–H groups in total. The minimum Gasteiger partial charge on any atom is -0.459 e. The maximum absolute atomic E-state index is 12.4. The van der Waals surface area contributed by atoms with Crippen LogP contribution in [-0.4, -0.2) is 53.1 Å². The molecule has 0 fully saturated rings. The third-order valence-electron chi connectivity index (χ3n) is 4.43. The average molecular weight is 414 g/mol. The molecule has 0 atom stereocenters. The van der Waals surface area contributed by atoms with Crippen LogP contribution in [0.25, 0.3) is 0 Å². The number of nitro benzene ring substituents is 1. The zero-order chi connectivity index (χ0) is 21.7. The van der Waals surface area contributed by atoms with Crippen LogP contribution < -0.4 is 10.6 Å². The number of nitro groups is 1. The lowest BCUT2D eigenvalue weighted by molar-refractivity contribution is -0.384. The summed E-state index contributed by atoms with van der Waals surface area (Å²) < 4.78 is 4.94. The van der Waals surface area contributed by atoms with E-state index in [1.54, 1.807) is 6.07 Å². The summed E-state index contributed by atoms with van der Waals surface area (Å²) in [4.78, 5) is 59.4. The van der Waals surface area contributed by atoms with Gasteiger partial charge in [0, 0.05) is 38.2 Å². The smallest absolute Gasteiger partial charge is 0.287 e. The van der Waals surface area contributed by atoms with Crippen LogP contribution in [0, 0.1) is 10.1 Å². The van der Waals surface area contributed by atoms with Crippen molar-refractivity contribution < 1.29 is 28.5 Å². The van der Waals surface area contributed by atoms with Crippen molar-refractivity contribution in [2.75, 3.05) is 19.6 Å². The van der Waals surface area contributed by atoms with Crippen LogP contribution in [-0.2, 0) is 4.79 Å². The first-order chi connectivity index (χ1) is 14.4. The van der Waals surface area contributed by atoms with Gasteiger partial charge >= 0.3 is 0 Å². The lowest BCUT2D eigenvalue weighted by Gasteiger charge is -2.13. The van der Waals surface area contributed by atoms with Crippen LogP contribution in [0.2, 0.25) is 0 Å². The van der Waals surface area contributed by atoms with E-state index in [1.165, 1.54) is 24.5 Å². The Labute approximate surface area is 170 Å². The normalized spacial score (nSPS) is 12.6. The molecule has 1 aliphatic heterocycles. The van der Waals surface area contributed by atoms with E-state index < -0.39 is 16.7 Å². The minimum absolute atomic E-state index is 0.00838. The van der Waals surface area contributed by atoms with E-state index in [-0.39, 0.29) is 66.9 Å². The third-order valence-corrected chi connectivity index (χ3v) is 4.43. The molecular formula is C19H18N4O7. The fourth-order valence-electron chi connectivity index (χ4n) is 2.95. The third kappa shape index (κ3) is 4.51. The lowest BCUT2D eigenvalue weighted by Crippen LogP contribution is -2.35. The van der Waals surface area contributed by atoms with Crippen molar-refractivity contribution in [3.63, 3.8) is 0 Å². The van der Waals surface area contributed by atoms with Crippen molar-refractivity contribution in [1.82, 2.24) is 15.5 Å². The Morgan fingerprint density at radius 2 is 1.80 bits per heavy atom. The number of imide groups is 1. The molecule has 0 saturated carbocycles. The Morgan fingerprint density at radius 3 is 2.50 bits per heavy atom. The molecule has 156 valence electrons. The first kappa shape index (κ1) is 20.7. The minimum atomic E-state index is -0.637. The summed E-state index contributed by atoms with van der Waals surface area (Å²) >= 11 is 0. The summed E-state index contributed by atoms with van der Waals surface area (Å²) in [6, 6.07) is 6.62. The zero-order valence-corrected chi connectivity index (χ0v) is 15.8. The molecule has 2 aromatic rings. The van der Waals surface area contributed by atoms with Crippen LogP contribution in [0.5, 0.6) is 0 Å². The number of carbonyl (C=O) groups excluding carboxylic acids is 4. The van der Waals surface area contributed by atoms with Gasteiger partial charge in [-0.3, -0.25) is 34.2 Å². The van der Waals surface area contributed by atoms with Gasteiger partial charge in [0.25, 0.3) is 23.4 Å². The second-order valence-electron chi connectivity index (χ2n) is 6.44. The van der Waals surface area contributed by atoms with Gasteiger partial charge in [-0.2, -0.15) is 0 Å². The highest BCUT2D eigenvalue weighted by atomic mass is 16.6.